The van der Waals surface area contributed by atoms with Crippen molar-refractivity contribution in [2.75, 3.05) is 0 Å². The summed E-state index contributed by atoms with van der Waals surface area (Å²) in [6.07, 6.45) is 4.06. The molecule has 1 rings (SSSR count). The van der Waals surface area contributed by atoms with E-state index in [9.17, 15) is 4.79 Å². The fourth-order valence-corrected chi connectivity index (χ4v) is 1.79. The molecule has 1 aliphatic rings. The number of rotatable bonds is 2. The van der Waals surface area contributed by atoms with Crippen LogP contribution in [0.4, 0.5) is 0 Å². The van der Waals surface area contributed by atoms with Crippen LogP contribution < -0.4 is 11.1 Å². The third-order valence-electron chi connectivity index (χ3n) is 3.00. The molecule has 0 saturated heterocycles. The first-order chi connectivity index (χ1) is 6.41. The Hall–Kier alpha value is -0.570. The first-order valence-electron chi connectivity index (χ1n) is 5.50. The first-order valence-corrected chi connectivity index (χ1v) is 5.50. The average Bonchev–Trinajstić information content (AvgIpc) is 2.08. The maximum Gasteiger partial charge on any atom is 0.222 e. The molecule has 1 saturated carbocycles. The largest absolute Gasteiger partial charge is 0.353 e. The summed E-state index contributed by atoms with van der Waals surface area (Å²) < 4.78 is 0. The van der Waals surface area contributed by atoms with Crippen molar-refractivity contribution in [1.29, 1.82) is 0 Å². The van der Waals surface area contributed by atoms with E-state index in [4.69, 9.17) is 5.73 Å². The molecule has 82 valence electrons. The molecule has 0 radical (unpaired) electrons. The lowest BCUT2D eigenvalue weighted by atomic mass is 9.81. The number of amides is 1. The van der Waals surface area contributed by atoms with Gasteiger partial charge in [-0.25, -0.2) is 0 Å². The lowest BCUT2D eigenvalue weighted by Crippen LogP contribution is -2.47. The van der Waals surface area contributed by atoms with E-state index in [1.807, 2.05) is 13.8 Å². The molecule has 3 N–H and O–H groups in total. The van der Waals surface area contributed by atoms with Gasteiger partial charge in [0.1, 0.15) is 0 Å². The van der Waals surface area contributed by atoms with Crippen LogP contribution in [0.5, 0.6) is 0 Å². The van der Waals surface area contributed by atoms with Crippen LogP contribution in [0.25, 0.3) is 0 Å². The van der Waals surface area contributed by atoms with Gasteiger partial charge in [-0.2, -0.15) is 0 Å². The van der Waals surface area contributed by atoms with E-state index < -0.39 is 0 Å². The molecule has 0 bridgehead atoms. The number of carbonyl (C=O) groups excluding carboxylic acids is 1. The van der Waals surface area contributed by atoms with Gasteiger partial charge in [-0.15, -0.1) is 0 Å². The van der Waals surface area contributed by atoms with Crippen molar-refractivity contribution in [3.8, 4) is 0 Å². The Morgan fingerprint density at radius 1 is 1.43 bits per heavy atom. The highest BCUT2D eigenvalue weighted by Gasteiger charge is 2.28. The lowest BCUT2D eigenvalue weighted by molar-refractivity contribution is -0.125. The fourth-order valence-electron chi connectivity index (χ4n) is 1.79. The van der Waals surface area contributed by atoms with Crippen molar-refractivity contribution >= 4 is 5.91 Å². The molecule has 0 unspecified atom stereocenters. The third kappa shape index (κ3) is 3.29. The zero-order chi connectivity index (χ0) is 10.8. The van der Waals surface area contributed by atoms with E-state index in [1.165, 1.54) is 0 Å². The van der Waals surface area contributed by atoms with Crippen molar-refractivity contribution in [3.63, 3.8) is 0 Å². The highest BCUT2D eigenvalue weighted by Crippen LogP contribution is 2.25. The SMILES string of the molecule is CC(C)C(=O)NC1CCC(C)(N)CC1. The summed E-state index contributed by atoms with van der Waals surface area (Å²) in [5, 5.41) is 3.06. The fraction of sp³-hybridized carbons (Fsp3) is 0.909. The summed E-state index contributed by atoms with van der Waals surface area (Å²) in [5.41, 5.74) is 6.00. The molecular formula is C11H22N2O. The van der Waals surface area contributed by atoms with Crippen LogP contribution in [0.3, 0.4) is 0 Å². The highest BCUT2D eigenvalue weighted by atomic mass is 16.1. The highest BCUT2D eigenvalue weighted by molar-refractivity contribution is 5.78. The predicted molar refractivity (Wildman–Crippen MR) is 57.8 cm³/mol. The standard InChI is InChI=1S/C11H22N2O/c1-8(2)10(14)13-9-4-6-11(3,12)7-5-9/h8-9H,4-7,12H2,1-3H3,(H,13,14). The summed E-state index contributed by atoms with van der Waals surface area (Å²) in [6, 6.07) is 0.349. The van der Waals surface area contributed by atoms with Gasteiger partial charge in [0.2, 0.25) is 5.91 Å². The summed E-state index contributed by atoms with van der Waals surface area (Å²) in [7, 11) is 0. The minimum atomic E-state index is -0.0148. The van der Waals surface area contributed by atoms with Gasteiger partial charge < -0.3 is 11.1 Å². The number of nitrogens with one attached hydrogen (secondary N) is 1. The van der Waals surface area contributed by atoms with Crippen molar-refractivity contribution in [1.82, 2.24) is 5.32 Å². The topological polar surface area (TPSA) is 55.1 Å². The van der Waals surface area contributed by atoms with Crippen molar-refractivity contribution in [2.24, 2.45) is 11.7 Å². The Morgan fingerprint density at radius 3 is 2.36 bits per heavy atom. The van der Waals surface area contributed by atoms with E-state index in [-0.39, 0.29) is 17.4 Å². The maximum atomic E-state index is 11.4. The van der Waals surface area contributed by atoms with E-state index in [0.29, 0.717) is 6.04 Å². The predicted octanol–water partition coefficient (Wildman–Crippen LogP) is 1.42. The van der Waals surface area contributed by atoms with Crippen LogP contribution in [-0.2, 0) is 4.79 Å². The lowest BCUT2D eigenvalue weighted by Gasteiger charge is -2.34. The molecule has 0 heterocycles. The van der Waals surface area contributed by atoms with Gasteiger partial charge in [-0.3, -0.25) is 4.79 Å². The molecular weight excluding hydrogens is 176 g/mol. The second-order valence-electron chi connectivity index (χ2n) is 5.09. The van der Waals surface area contributed by atoms with Gasteiger partial charge >= 0.3 is 0 Å². The molecule has 14 heavy (non-hydrogen) atoms. The van der Waals surface area contributed by atoms with E-state index in [2.05, 4.69) is 12.2 Å². The molecule has 0 aromatic carbocycles. The Kier molecular flexibility index (Phi) is 3.53. The van der Waals surface area contributed by atoms with Gasteiger partial charge in [0, 0.05) is 17.5 Å². The van der Waals surface area contributed by atoms with Gasteiger partial charge in [-0.1, -0.05) is 13.8 Å². The Morgan fingerprint density at radius 2 is 1.93 bits per heavy atom. The molecule has 1 aliphatic carbocycles. The third-order valence-corrected chi connectivity index (χ3v) is 3.00. The van der Waals surface area contributed by atoms with Gasteiger partial charge in [-0.05, 0) is 32.6 Å². The zero-order valence-corrected chi connectivity index (χ0v) is 9.47. The van der Waals surface area contributed by atoms with Crippen molar-refractivity contribution in [2.45, 2.75) is 58.0 Å². The minimum absolute atomic E-state index is 0.0148. The van der Waals surface area contributed by atoms with Crippen LogP contribution in [0.2, 0.25) is 0 Å². The summed E-state index contributed by atoms with van der Waals surface area (Å²) >= 11 is 0. The second kappa shape index (κ2) is 4.30. The molecule has 0 aliphatic heterocycles. The first kappa shape index (κ1) is 11.5. The minimum Gasteiger partial charge on any atom is -0.353 e. The van der Waals surface area contributed by atoms with Crippen molar-refractivity contribution < 1.29 is 4.79 Å². The van der Waals surface area contributed by atoms with Gasteiger partial charge in [0.15, 0.2) is 0 Å². The molecule has 0 spiro atoms. The van der Waals surface area contributed by atoms with Gasteiger partial charge in [0.05, 0.1) is 0 Å². The van der Waals surface area contributed by atoms with Crippen LogP contribution >= 0.6 is 0 Å². The molecule has 0 aromatic rings. The van der Waals surface area contributed by atoms with Crippen LogP contribution in [-0.4, -0.2) is 17.5 Å². The monoisotopic (exact) mass is 198 g/mol. The number of hydrogen-bond acceptors (Lipinski definition) is 2. The van der Waals surface area contributed by atoms with Crippen LogP contribution in [0, 0.1) is 5.92 Å². The van der Waals surface area contributed by atoms with Crippen LogP contribution in [0.15, 0.2) is 0 Å². The van der Waals surface area contributed by atoms with E-state index >= 15 is 0 Å². The van der Waals surface area contributed by atoms with E-state index in [0.717, 1.165) is 25.7 Å². The summed E-state index contributed by atoms with van der Waals surface area (Å²) in [6.45, 7) is 5.93. The summed E-state index contributed by atoms with van der Waals surface area (Å²) in [4.78, 5) is 11.4. The molecule has 0 aromatic heterocycles. The zero-order valence-electron chi connectivity index (χ0n) is 9.47. The molecule has 3 nitrogen and oxygen atoms in total. The normalized spacial score (nSPS) is 33.1. The Bertz CT molecular complexity index is 201. The Labute approximate surface area is 86.4 Å². The Balaban J connectivity index is 2.33. The maximum absolute atomic E-state index is 11.4. The second-order valence-corrected chi connectivity index (χ2v) is 5.09. The van der Waals surface area contributed by atoms with Gasteiger partial charge in [0.25, 0.3) is 0 Å². The smallest absolute Gasteiger partial charge is 0.222 e. The molecule has 3 heteroatoms. The molecule has 0 atom stereocenters. The quantitative estimate of drug-likeness (QED) is 0.705. The summed E-state index contributed by atoms with van der Waals surface area (Å²) in [5.74, 6) is 0.247. The number of nitrogens with two attached hydrogens (primary N) is 1. The number of carbonyl (C=O) groups is 1. The average molecular weight is 198 g/mol. The van der Waals surface area contributed by atoms with E-state index in [1.54, 1.807) is 0 Å². The number of hydrogen-bond donors (Lipinski definition) is 2. The van der Waals surface area contributed by atoms with Crippen molar-refractivity contribution in [3.05, 3.63) is 0 Å². The van der Waals surface area contributed by atoms with Crippen LogP contribution in [0.1, 0.15) is 46.5 Å². The molecule has 1 fully saturated rings. The molecule has 1 amide bonds.